The van der Waals surface area contributed by atoms with E-state index in [1.807, 2.05) is 23.1 Å². The fourth-order valence-corrected chi connectivity index (χ4v) is 3.02. The molecule has 3 N–H and O–H groups in total. The first-order chi connectivity index (χ1) is 12.1. The predicted octanol–water partition coefficient (Wildman–Crippen LogP) is 1.86. The van der Waals surface area contributed by atoms with Gasteiger partial charge in [0.05, 0.1) is 0 Å². The minimum Gasteiger partial charge on any atom is -0.369 e. The number of nitrogens with zero attached hydrogens (tertiary/aromatic N) is 4. The molecule has 1 aliphatic heterocycles. The van der Waals surface area contributed by atoms with Crippen LogP contribution in [0.25, 0.3) is 0 Å². The van der Waals surface area contributed by atoms with E-state index in [1.54, 1.807) is 6.07 Å². The molecule has 1 aromatic carbocycles. The van der Waals surface area contributed by atoms with Crippen LogP contribution in [0.1, 0.15) is 6.42 Å². The van der Waals surface area contributed by atoms with Crippen molar-refractivity contribution in [2.75, 3.05) is 48.7 Å². The van der Waals surface area contributed by atoms with Gasteiger partial charge in [-0.15, -0.1) is 0 Å². The quantitative estimate of drug-likeness (QED) is 0.791. The maximum atomic E-state index is 12.3. The molecule has 3 rings (SSSR count). The summed E-state index contributed by atoms with van der Waals surface area (Å²) in [7, 11) is 0. The van der Waals surface area contributed by atoms with Gasteiger partial charge in [-0.05, 0) is 12.1 Å². The predicted molar refractivity (Wildman–Crippen MR) is 99.8 cm³/mol. The number of para-hydroxylation sites is 1. The van der Waals surface area contributed by atoms with Crippen LogP contribution in [0.4, 0.5) is 17.5 Å². The van der Waals surface area contributed by atoms with E-state index in [0.29, 0.717) is 18.8 Å². The highest BCUT2D eigenvalue weighted by Gasteiger charge is 2.20. The number of halogens is 1. The highest BCUT2D eigenvalue weighted by molar-refractivity contribution is 6.29. The van der Waals surface area contributed by atoms with Crippen molar-refractivity contribution in [2.24, 2.45) is 0 Å². The molecule has 2 heterocycles. The molecule has 8 heteroatoms. The molecule has 0 saturated carbocycles. The second-order valence-electron chi connectivity index (χ2n) is 5.81. The van der Waals surface area contributed by atoms with E-state index in [0.717, 1.165) is 26.2 Å². The van der Waals surface area contributed by atoms with Crippen LogP contribution in [0, 0.1) is 0 Å². The van der Waals surface area contributed by atoms with Crippen LogP contribution in [0.5, 0.6) is 0 Å². The summed E-state index contributed by atoms with van der Waals surface area (Å²) < 4.78 is 0. The number of carbonyl (C=O) groups excluding carboxylic acids is 1. The minimum absolute atomic E-state index is 0.110. The second kappa shape index (κ2) is 8.02. The minimum atomic E-state index is 0.110. The first-order valence-electron chi connectivity index (χ1n) is 8.23. The van der Waals surface area contributed by atoms with Gasteiger partial charge in [0.1, 0.15) is 11.0 Å². The molecule has 0 bridgehead atoms. The molecule has 1 fully saturated rings. The average Bonchev–Trinajstić information content (AvgIpc) is 2.62. The summed E-state index contributed by atoms with van der Waals surface area (Å²) in [5, 5.41) is 3.33. The molecule has 1 aromatic heterocycles. The Kier molecular flexibility index (Phi) is 5.55. The number of nitrogens with one attached hydrogen (secondary N) is 1. The summed E-state index contributed by atoms with van der Waals surface area (Å²) in [4.78, 5) is 24.4. The summed E-state index contributed by atoms with van der Waals surface area (Å²) in [5.41, 5.74) is 6.75. The van der Waals surface area contributed by atoms with E-state index in [2.05, 4.69) is 32.3 Å². The number of hydrogen-bond donors (Lipinski definition) is 2. The lowest BCUT2D eigenvalue weighted by molar-refractivity contribution is -0.131. The molecule has 1 amide bonds. The van der Waals surface area contributed by atoms with Gasteiger partial charge < -0.3 is 20.9 Å². The summed E-state index contributed by atoms with van der Waals surface area (Å²) in [6.07, 6.45) is 0.396. The molecule has 1 aliphatic rings. The largest absolute Gasteiger partial charge is 0.369 e. The van der Waals surface area contributed by atoms with E-state index < -0.39 is 0 Å². The number of aromatic nitrogens is 2. The Bertz CT molecular complexity index is 698. The Morgan fingerprint density at radius 3 is 2.56 bits per heavy atom. The Morgan fingerprint density at radius 1 is 1.16 bits per heavy atom. The van der Waals surface area contributed by atoms with Crippen molar-refractivity contribution >= 4 is 35.0 Å². The zero-order valence-corrected chi connectivity index (χ0v) is 14.6. The van der Waals surface area contributed by atoms with Crippen molar-refractivity contribution in [2.45, 2.75) is 6.42 Å². The standard InChI is InChI=1S/C17H21ClN6O/c18-14-12-15(22-17(19)21-14)20-7-6-16(25)24-10-8-23(9-11-24)13-4-2-1-3-5-13/h1-5,12H,6-11H2,(H3,19,20,21,22). The van der Waals surface area contributed by atoms with Crippen molar-refractivity contribution in [3.8, 4) is 0 Å². The lowest BCUT2D eigenvalue weighted by Gasteiger charge is -2.36. The van der Waals surface area contributed by atoms with Gasteiger partial charge in [-0.2, -0.15) is 4.98 Å². The molecule has 1 saturated heterocycles. The van der Waals surface area contributed by atoms with Gasteiger partial charge in [0, 0.05) is 50.9 Å². The molecule has 0 aliphatic carbocycles. The summed E-state index contributed by atoms with van der Waals surface area (Å²) in [6, 6.07) is 11.9. The average molecular weight is 361 g/mol. The van der Waals surface area contributed by atoms with E-state index in [1.165, 1.54) is 5.69 Å². The Balaban J connectivity index is 1.43. The smallest absolute Gasteiger partial charge is 0.224 e. The SMILES string of the molecule is Nc1nc(Cl)cc(NCCC(=O)N2CCN(c3ccccc3)CC2)n1. The molecule has 0 radical (unpaired) electrons. The van der Waals surface area contributed by atoms with Crippen LogP contribution in [0.15, 0.2) is 36.4 Å². The van der Waals surface area contributed by atoms with Gasteiger partial charge >= 0.3 is 0 Å². The van der Waals surface area contributed by atoms with Crippen molar-refractivity contribution in [1.29, 1.82) is 0 Å². The van der Waals surface area contributed by atoms with Crippen LogP contribution in [-0.4, -0.2) is 53.5 Å². The zero-order valence-electron chi connectivity index (χ0n) is 13.9. The molecule has 132 valence electrons. The van der Waals surface area contributed by atoms with Crippen molar-refractivity contribution in [1.82, 2.24) is 14.9 Å². The van der Waals surface area contributed by atoms with Gasteiger partial charge in [0.15, 0.2) is 0 Å². The van der Waals surface area contributed by atoms with Gasteiger partial charge in [0.25, 0.3) is 0 Å². The number of piperazine rings is 1. The van der Waals surface area contributed by atoms with Crippen LogP contribution in [0.3, 0.4) is 0 Å². The van der Waals surface area contributed by atoms with Gasteiger partial charge in [-0.3, -0.25) is 4.79 Å². The van der Waals surface area contributed by atoms with Crippen molar-refractivity contribution in [3.63, 3.8) is 0 Å². The third-order valence-corrected chi connectivity index (χ3v) is 4.30. The number of hydrogen-bond acceptors (Lipinski definition) is 6. The summed E-state index contributed by atoms with van der Waals surface area (Å²) in [5.74, 6) is 0.769. The fourth-order valence-electron chi connectivity index (χ4n) is 2.83. The third-order valence-electron chi connectivity index (χ3n) is 4.11. The van der Waals surface area contributed by atoms with Crippen molar-refractivity contribution in [3.05, 3.63) is 41.6 Å². The van der Waals surface area contributed by atoms with Crippen molar-refractivity contribution < 1.29 is 4.79 Å². The van der Waals surface area contributed by atoms with Crippen LogP contribution < -0.4 is 16.0 Å². The van der Waals surface area contributed by atoms with Crippen LogP contribution in [0.2, 0.25) is 5.15 Å². The van der Waals surface area contributed by atoms with Gasteiger partial charge in [0.2, 0.25) is 11.9 Å². The normalized spacial score (nSPS) is 14.4. The first-order valence-corrected chi connectivity index (χ1v) is 8.61. The zero-order chi connectivity index (χ0) is 17.6. The lowest BCUT2D eigenvalue weighted by Crippen LogP contribution is -2.49. The maximum Gasteiger partial charge on any atom is 0.224 e. The number of anilines is 3. The van der Waals surface area contributed by atoms with Gasteiger partial charge in [-0.25, -0.2) is 4.98 Å². The number of amides is 1. The monoisotopic (exact) mass is 360 g/mol. The van der Waals surface area contributed by atoms with Crippen LogP contribution in [-0.2, 0) is 4.79 Å². The molecular weight excluding hydrogens is 340 g/mol. The topological polar surface area (TPSA) is 87.4 Å². The Labute approximate surface area is 151 Å². The van der Waals surface area contributed by atoms with Gasteiger partial charge in [-0.1, -0.05) is 29.8 Å². The summed E-state index contributed by atoms with van der Waals surface area (Å²) in [6.45, 7) is 3.65. The molecular formula is C17H21ClN6O. The fraction of sp³-hybridized carbons (Fsp3) is 0.353. The molecule has 0 unspecified atom stereocenters. The third kappa shape index (κ3) is 4.73. The number of benzene rings is 1. The number of nitrogens with two attached hydrogens (primary N) is 1. The van der Waals surface area contributed by atoms with E-state index in [9.17, 15) is 4.79 Å². The maximum absolute atomic E-state index is 12.3. The highest BCUT2D eigenvalue weighted by atomic mass is 35.5. The van der Waals surface area contributed by atoms with E-state index in [-0.39, 0.29) is 17.0 Å². The molecule has 2 aromatic rings. The van der Waals surface area contributed by atoms with E-state index in [4.69, 9.17) is 17.3 Å². The highest BCUT2D eigenvalue weighted by Crippen LogP contribution is 2.16. The Morgan fingerprint density at radius 2 is 1.88 bits per heavy atom. The van der Waals surface area contributed by atoms with E-state index >= 15 is 0 Å². The molecule has 7 nitrogen and oxygen atoms in total. The second-order valence-corrected chi connectivity index (χ2v) is 6.20. The first kappa shape index (κ1) is 17.3. The molecule has 0 spiro atoms. The molecule has 0 atom stereocenters. The number of nitrogen functional groups attached to an aromatic ring is 1. The lowest BCUT2D eigenvalue weighted by atomic mass is 10.2. The Hall–Kier alpha value is -2.54. The number of rotatable bonds is 5. The molecule has 25 heavy (non-hydrogen) atoms. The van der Waals surface area contributed by atoms with Crippen LogP contribution >= 0.6 is 11.6 Å². The number of carbonyl (C=O) groups is 1. The summed E-state index contributed by atoms with van der Waals surface area (Å²) >= 11 is 5.83.